The molecule has 0 aromatic carbocycles. The fourth-order valence-electron chi connectivity index (χ4n) is 0.946. The molecule has 0 bridgehead atoms. The van der Waals surface area contributed by atoms with Crippen LogP contribution in [0.5, 0.6) is 0 Å². The lowest BCUT2D eigenvalue weighted by molar-refractivity contribution is 0.621. The highest BCUT2D eigenvalue weighted by Gasteiger charge is 1.95. The van der Waals surface area contributed by atoms with Crippen LogP contribution < -0.4 is 10.7 Å². The molecule has 1 rings (SSSR count). The standard InChI is InChI=1S/C11H16N4S/c1-9(2)7-13-11(16)15-14-8-10-5-3-4-6-12-10/h3-6,8-9H,7H2,1-2H3,(H2,13,15,16)/b14-8-. The van der Waals surface area contributed by atoms with Crippen molar-refractivity contribution in [3.8, 4) is 0 Å². The third-order valence-corrected chi connectivity index (χ3v) is 1.96. The molecule has 0 amide bonds. The average molecular weight is 236 g/mol. The van der Waals surface area contributed by atoms with E-state index in [2.05, 4.69) is 34.7 Å². The Labute approximate surface area is 101 Å². The van der Waals surface area contributed by atoms with Gasteiger partial charge in [0.05, 0.1) is 11.9 Å². The first-order valence-electron chi connectivity index (χ1n) is 5.16. The van der Waals surface area contributed by atoms with Gasteiger partial charge in [-0.05, 0) is 30.3 Å². The first kappa shape index (κ1) is 12.6. The summed E-state index contributed by atoms with van der Waals surface area (Å²) in [6.07, 6.45) is 3.35. The molecule has 0 atom stereocenters. The number of thiocarbonyl (C=S) groups is 1. The van der Waals surface area contributed by atoms with Crippen molar-refractivity contribution in [3.05, 3.63) is 30.1 Å². The lowest BCUT2D eigenvalue weighted by Gasteiger charge is -2.08. The highest BCUT2D eigenvalue weighted by atomic mass is 32.1. The molecule has 4 nitrogen and oxygen atoms in total. The van der Waals surface area contributed by atoms with E-state index in [-0.39, 0.29) is 0 Å². The maximum absolute atomic E-state index is 5.03. The predicted molar refractivity (Wildman–Crippen MR) is 70.4 cm³/mol. The minimum atomic E-state index is 0.529. The van der Waals surface area contributed by atoms with Gasteiger partial charge in [-0.15, -0.1) is 0 Å². The van der Waals surface area contributed by atoms with Crippen LogP contribution in [0.2, 0.25) is 0 Å². The molecule has 0 saturated carbocycles. The van der Waals surface area contributed by atoms with Gasteiger partial charge in [0, 0.05) is 12.7 Å². The topological polar surface area (TPSA) is 49.3 Å². The van der Waals surface area contributed by atoms with Crippen LogP contribution in [-0.2, 0) is 0 Å². The molecule has 1 heterocycles. The lowest BCUT2D eigenvalue weighted by Crippen LogP contribution is -2.34. The van der Waals surface area contributed by atoms with Gasteiger partial charge in [-0.2, -0.15) is 5.10 Å². The average Bonchev–Trinajstić information content (AvgIpc) is 2.28. The van der Waals surface area contributed by atoms with Gasteiger partial charge < -0.3 is 5.32 Å². The van der Waals surface area contributed by atoms with Crippen molar-refractivity contribution in [2.75, 3.05) is 6.54 Å². The quantitative estimate of drug-likeness (QED) is 0.473. The van der Waals surface area contributed by atoms with E-state index in [0.29, 0.717) is 11.0 Å². The number of hydrogen-bond acceptors (Lipinski definition) is 3. The largest absolute Gasteiger partial charge is 0.361 e. The molecular weight excluding hydrogens is 220 g/mol. The third-order valence-electron chi connectivity index (χ3n) is 1.72. The van der Waals surface area contributed by atoms with E-state index in [0.717, 1.165) is 12.2 Å². The second-order valence-corrected chi connectivity index (χ2v) is 4.14. The van der Waals surface area contributed by atoms with E-state index in [1.54, 1.807) is 12.4 Å². The number of rotatable bonds is 4. The van der Waals surface area contributed by atoms with Crippen molar-refractivity contribution < 1.29 is 0 Å². The molecule has 0 aliphatic carbocycles. The minimum Gasteiger partial charge on any atom is -0.361 e. The maximum Gasteiger partial charge on any atom is 0.186 e. The Kier molecular flexibility index (Phi) is 5.42. The van der Waals surface area contributed by atoms with E-state index in [1.165, 1.54) is 0 Å². The molecule has 86 valence electrons. The Morgan fingerprint density at radius 1 is 1.56 bits per heavy atom. The zero-order chi connectivity index (χ0) is 11.8. The Morgan fingerprint density at radius 3 is 3.00 bits per heavy atom. The fraction of sp³-hybridized carbons (Fsp3) is 0.364. The van der Waals surface area contributed by atoms with Gasteiger partial charge in [-0.1, -0.05) is 19.9 Å². The second kappa shape index (κ2) is 6.90. The van der Waals surface area contributed by atoms with Gasteiger partial charge in [0.15, 0.2) is 5.11 Å². The van der Waals surface area contributed by atoms with E-state index in [9.17, 15) is 0 Å². The molecule has 1 aromatic rings. The van der Waals surface area contributed by atoms with Gasteiger partial charge in [-0.3, -0.25) is 10.4 Å². The highest BCUT2D eigenvalue weighted by Crippen LogP contribution is 1.88. The highest BCUT2D eigenvalue weighted by molar-refractivity contribution is 7.80. The monoisotopic (exact) mass is 236 g/mol. The molecule has 0 fully saturated rings. The van der Waals surface area contributed by atoms with Crippen LogP contribution >= 0.6 is 12.2 Å². The number of nitrogens with zero attached hydrogens (tertiary/aromatic N) is 2. The molecule has 0 unspecified atom stereocenters. The summed E-state index contributed by atoms with van der Waals surface area (Å²) in [5, 5.41) is 7.56. The van der Waals surface area contributed by atoms with Gasteiger partial charge in [0.2, 0.25) is 0 Å². The summed E-state index contributed by atoms with van der Waals surface area (Å²) in [5.74, 6) is 0.555. The van der Waals surface area contributed by atoms with Crippen molar-refractivity contribution in [1.82, 2.24) is 15.7 Å². The number of aromatic nitrogens is 1. The summed E-state index contributed by atoms with van der Waals surface area (Å²) in [6, 6.07) is 5.64. The summed E-state index contributed by atoms with van der Waals surface area (Å²) in [4.78, 5) is 4.10. The van der Waals surface area contributed by atoms with Crippen molar-refractivity contribution in [2.45, 2.75) is 13.8 Å². The predicted octanol–water partition coefficient (Wildman–Crippen LogP) is 1.54. The van der Waals surface area contributed by atoms with E-state index in [1.807, 2.05) is 18.2 Å². The normalized spacial score (nSPS) is 10.7. The number of nitrogens with one attached hydrogen (secondary N) is 2. The van der Waals surface area contributed by atoms with Crippen LogP contribution in [0.4, 0.5) is 0 Å². The summed E-state index contributed by atoms with van der Waals surface area (Å²) < 4.78 is 0. The molecule has 0 aliphatic heterocycles. The Bertz CT molecular complexity index is 348. The molecule has 0 saturated heterocycles. The van der Waals surface area contributed by atoms with Gasteiger partial charge in [0.25, 0.3) is 0 Å². The Balaban J connectivity index is 2.29. The first-order chi connectivity index (χ1) is 7.68. The van der Waals surface area contributed by atoms with Gasteiger partial charge in [-0.25, -0.2) is 0 Å². The van der Waals surface area contributed by atoms with Crippen LogP contribution in [0.3, 0.4) is 0 Å². The second-order valence-electron chi connectivity index (χ2n) is 3.73. The zero-order valence-corrected chi connectivity index (χ0v) is 10.3. The van der Waals surface area contributed by atoms with Crippen LogP contribution in [0.25, 0.3) is 0 Å². The third kappa shape index (κ3) is 5.41. The number of hydrogen-bond donors (Lipinski definition) is 2. The summed E-state index contributed by atoms with van der Waals surface area (Å²) in [5.41, 5.74) is 3.53. The Hall–Kier alpha value is -1.49. The van der Waals surface area contributed by atoms with Crippen LogP contribution in [0.15, 0.2) is 29.5 Å². The van der Waals surface area contributed by atoms with E-state index >= 15 is 0 Å². The summed E-state index contributed by atoms with van der Waals surface area (Å²) >= 11 is 5.03. The van der Waals surface area contributed by atoms with Crippen LogP contribution in [0, 0.1) is 5.92 Å². The zero-order valence-electron chi connectivity index (χ0n) is 9.47. The number of pyridine rings is 1. The molecule has 0 aliphatic rings. The van der Waals surface area contributed by atoms with Gasteiger partial charge >= 0.3 is 0 Å². The van der Waals surface area contributed by atoms with Crippen molar-refractivity contribution in [2.24, 2.45) is 11.0 Å². The van der Waals surface area contributed by atoms with E-state index in [4.69, 9.17) is 12.2 Å². The van der Waals surface area contributed by atoms with Crippen LogP contribution in [0.1, 0.15) is 19.5 Å². The molecule has 1 aromatic heterocycles. The van der Waals surface area contributed by atoms with Crippen molar-refractivity contribution >= 4 is 23.5 Å². The smallest absolute Gasteiger partial charge is 0.186 e. The van der Waals surface area contributed by atoms with Gasteiger partial charge in [0.1, 0.15) is 0 Å². The Morgan fingerprint density at radius 2 is 2.38 bits per heavy atom. The van der Waals surface area contributed by atoms with Crippen LogP contribution in [-0.4, -0.2) is 22.9 Å². The van der Waals surface area contributed by atoms with Crippen molar-refractivity contribution in [3.63, 3.8) is 0 Å². The molecule has 0 spiro atoms. The lowest BCUT2D eigenvalue weighted by atomic mass is 10.2. The minimum absolute atomic E-state index is 0.529. The van der Waals surface area contributed by atoms with E-state index < -0.39 is 0 Å². The SMILES string of the molecule is CC(C)CNC(=S)N/N=C\c1ccccn1. The first-order valence-corrected chi connectivity index (χ1v) is 5.57. The molecule has 5 heteroatoms. The summed E-state index contributed by atoms with van der Waals surface area (Å²) in [6.45, 7) is 5.07. The maximum atomic E-state index is 5.03. The summed E-state index contributed by atoms with van der Waals surface area (Å²) in [7, 11) is 0. The molecular formula is C11H16N4S. The number of hydrazone groups is 1. The molecule has 16 heavy (non-hydrogen) atoms. The fourth-order valence-corrected chi connectivity index (χ4v) is 1.08. The molecule has 0 radical (unpaired) electrons. The van der Waals surface area contributed by atoms with Crippen molar-refractivity contribution in [1.29, 1.82) is 0 Å². The molecule has 2 N–H and O–H groups in total.